The molecule has 16 heavy (non-hydrogen) atoms. The van der Waals surface area contributed by atoms with Crippen molar-refractivity contribution in [2.45, 2.75) is 19.0 Å². The van der Waals surface area contributed by atoms with E-state index in [9.17, 15) is 4.39 Å². The number of hydrogen-bond acceptors (Lipinski definition) is 1. The molecule has 0 aliphatic carbocycles. The third kappa shape index (κ3) is 3.88. The zero-order chi connectivity index (χ0) is 12.2. The van der Waals surface area contributed by atoms with E-state index in [1.807, 2.05) is 6.92 Å². The van der Waals surface area contributed by atoms with Crippen LogP contribution in [0.5, 0.6) is 0 Å². The summed E-state index contributed by atoms with van der Waals surface area (Å²) < 4.78 is 14.2. The molecule has 90 valence electrons. The molecule has 0 aliphatic rings. The molecule has 0 unspecified atom stereocenters. The van der Waals surface area contributed by atoms with Crippen LogP contribution in [-0.2, 0) is 6.54 Å². The average Bonchev–Trinajstić information content (AvgIpc) is 2.27. The fourth-order valence-electron chi connectivity index (χ4n) is 1.10. The molecule has 1 aromatic rings. The SMILES string of the molecule is CC(CCl)(CCl)NCc1ccc(Br)cc1F. The molecule has 0 saturated heterocycles. The van der Waals surface area contributed by atoms with Gasteiger partial charge in [-0.3, -0.25) is 0 Å². The highest BCUT2D eigenvalue weighted by Gasteiger charge is 2.21. The number of halogens is 4. The minimum Gasteiger partial charge on any atom is -0.305 e. The van der Waals surface area contributed by atoms with Gasteiger partial charge in [0.1, 0.15) is 5.82 Å². The van der Waals surface area contributed by atoms with E-state index in [4.69, 9.17) is 23.2 Å². The van der Waals surface area contributed by atoms with Crippen molar-refractivity contribution in [3.05, 3.63) is 34.1 Å². The van der Waals surface area contributed by atoms with Crippen LogP contribution < -0.4 is 5.32 Å². The van der Waals surface area contributed by atoms with Gasteiger partial charge < -0.3 is 5.32 Å². The summed E-state index contributed by atoms with van der Waals surface area (Å²) in [6.45, 7) is 2.32. The normalized spacial score (nSPS) is 11.8. The molecule has 0 spiro atoms. The molecule has 0 aliphatic heterocycles. The molecule has 0 amide bonds. The van der Waals surface area contributed by atoms with E-state index in [1.165, 1.54) is 6.07 Å². The fraction of sp³-hybridized carbons (Fsp3) is 0.455. The summed E-state index contributed by atoms with van der Waals surface area (Å²) in [6, 6.07) is 4.98. The van der Waals surface area contributed by atoms with Crippen LogP contribution in [0, 0.1) is 5.82 Å². The maximum atomic E-state index is 13.5. The van der Waals surface area contributed by atoms with Crippen molar-refractivity contribution in [3.8, 4) is 0 Å². The zero-order valence-electron chi connectivity index (χ0n) is 8.87. The molecule has 0 atom stereocenters. The standard InChI is InChI=1S/C11H13BrCl2FN/c1-11(6-13,7-14)16-5-8-2-3-9(12)4-10(8)15/h2-4,16H,5-7H2,1H3. The molecule has 0 bridgehead atoms. The minimum atomic E-state index is -0.372. The molecule has 0 heterocycles. The Morgan fingerprint density at radius 3 is 2.50 bits per heavy atom. The third-order valence-corrected chi connectivity index (χ3v) is 3.98. The van der Waals surface area contributed by atoms with Gasteiger partial charge in [-0.15, -0.1) is 23.2 Å². The van der Waals surface area contributed by atoms with Gasteiger partial charge in [0.25, 0.3) is 0 Å². The molecule has 1 nitrogen and oxygen atoms in total. The quantitative estimate of drug-likeness (QED) is 0.808. The molecule has 1 aromatic carbocycles. The van der Waals surface area contributed by atoms with Crippen LogP contribution in [0.1, 0.15) is 12.5 Å². The van der Waals surface area contributed by atoms with Crippen molar-refractivity contribution in [2.75, 3.05) is 11.8 Å². The Morgan fingerprint density at radius 2 is 2.00 bits per heavy atom. The van der Waals surface area contributed by atoms with Crippen molar-refractivity contribution in [1.29, 1.82) is 0 Å². The molecule has 5 heteroatoms. The minimum absolute atomic E-state index is 0.242. The van der Waals surface area contributed by atoms with Crippen LogP contribution in [0.15, 0.2) is 22.7 Å². The lowest BCUT2D eigenvalue weighted by Crippen LogP contribution is -2.45. The van der Waals surface area contributed by atoms with E-state index in [-0.39, 0.29) is 11.4 Å². The van der Waals surface area contributed by atoms with E-state index >= 15 is 0 Å². The first-order valence-electron chi connectivity index (χ1n) is 4.81. The molecule has 0 saturated carbocycles. The smallest absolute Gasteiger partial charge is 0.128 e. The number of benzene rings is 1. The number of alkyl halides is 2. The van der Waals surface area contributed by atoms with Crippen LogP contribution >= 0.6 is 39.1 Å². The summed E-state index contributed by atoms with van der Waals surface area (Å²) in [5.41, 5.74) is 0.229. The van der Waals surface area contributed by atoms with Gasteiger partial charge in [0.05, 0.1) is 0 Å². The third-order valence-electron chi connectivity index (χ3n) is 2.31. The first-order valence-corrected chi connectivity index (χ1v) is 6.68. The Labute approximate surface area is 113 Å². The van der Waals surface area contributed by atoms with Crippen LogP contribution in [0.4, 0.5) is 4.39 Å². The Morgan fingerprint density at radius 1 is 1.38 bits per heavy atom. The second-order valence-corrected chi connectivity index (χ2v) is 5.37. The maximum absolute atomic E-state index is 13.5. The Bertz CT molecular complexity index is 356. The summed E-state index contributed by atoms with van der Waals surface area (Å²) in [6.07, 6.45) is 0. The van der Waals surface area contributed by atoms with Crippen molar-refractivity contribution in [3.63, 3.8) is 0 Å². The molecule has 1 rings (SSSR count). The molecule has 0 radical (unpaired) electrons. The van der Waals surface area contributed by atoms with Crippen LogP contribution in [0.3, 0.4) is 0 Å². The predicted octanol–water partition coefficient (Wildman–Crippen LogP) is 3.91. The van der Waals surface area contributed by atoms with E-state index in [0.717, 1.165) is 4.47 Å². The van der Waals surface area contributed by atoms with Gasteiger partial charge in [-0.05, 0) is 19.1 Å². The van der Waals surface area contributed by atoms with Gasteiger partial charge in [-0.1, -0.05) is 22.0 Å². The van der Waals surface area contributed by atoms with Crippen molar-refractivity contribution in [2.24, 2.45) is 0 Å². The zero-order valence-corrected chi connectivity index (χ0v) is 12.0. The molecular formula is C11H13BrCl2FN. The van der Waals surface area contributed by atoms with Crippen molar-refractivity contribution >= 4 is 39.1 Å². The monoisotopic (exact) mass is 327 g/mol. The Balaban J connectivity index is 2.67. The van der Waals surface area contributed by atoms with Crippen LogP contribution in [-0.4, -0.2) is 17.3 Å². The highest BCUT2D eigenvalue weighted by Crippen LogP contribution is 2.16. The largest absolute Gasteiger partial charge is 0.305 e. The molecule has 1 N–H and O–H groups in total. The predicted molar refractivity (Wildman–Crippen MR) is 70.8 cm³/mol. The summed E-state index contributed by atoms with van der Waals surface area (Å²) in [5.74, 6) is 0.525. The second-order valence-electron chi connectivity index (χ2n) is 3.92. The van der Waals surface area contributed by atoms with E-state index in [0.29, 0.717) is 23.9 Å². The van der Waals surface area contributed by atoms with E-state index in [2.05, 4.69) is 21.2 Å². The molecule has 0 fully saturated rings. The van der Waals surface area contributed by atoms with Crippen LogP contribution in [0.25, 0.3) is 0 Å². The average molecular weight is 329 g/mol. The van der Waals surface area contributed by atoms with Gasteiger partial charge in [-0.25, -0.2) is 4.39 Å². The highest BCUT2D eigenvalue weighted by molar-refractivity contribution is 9.10. The van der Waals surface area contributed by atoms with Gasteiger partial charge in [0.2, 0.25) is 0 Å². The van der Waals surface area contributed by atoms with Crippen molar-refractivity contribution in [1.82, 2.24) is 5.32 Å². The maximum Gasteiger partial charge on any atom is 0.128 e. The Hall–Kier alpha value is 0.170. The topological polar surface area (TPSA) is 12.0 Å². The molecular weight excluding hydrogens is 316 g/mol. The van der Waals surface area contributed by atoms with Gasteiger partial charge in [-0.2, -0.15) is 0 Å². The molecule has 0 aromatic heterocycles. The van der Waals surface area contributed by atoms with Gasteiger partial charge >= 0.3 is 0 Å². The van der Waals surface area contributed by atoms with Gasteiger partial charge in [0, 0.05) is 33.9 Å². The Kier molecular flexibility index (Phi) is 5.51. The lowest BCUT2D eigenvalue weighted by molar-refractivity contribution is 0.428. The summed E-state index contributed by atoms with van der Waals surface area (Å²) >= 11 is 14.8. The fourth-order valence-corrected chi connectivity index (χ4v) is 1.91. The first-order chi connectivity index (χ1) is 7.50. The lowest BCUT2D eigenvalue weighted by Gasteiger charge is -2.26. The van der Waals surface area contributed by atoms with E-state index < -0.39 is 0 Å². The highest BCUT2D eigenvalue weighted by atomic mass is 79.9. The summed E-state index contributed by atoms with van der Waals surface area (Å²) in [5, 5.41) is 3.15. The van der Waals surface area contributed by atoms with E-state index in [1.54, 1.807) is 12.1 Å². The summed E-state index contributed by atoms with van der Waals surface area (Å²) in [4.78, 5) is 0. The number of nitrogens with one attached hydrogen (secondary N) is 1. The van der Waals surface area contributed by atoms with Gasteiger partial charge in [0.15, 0.2) is 0 Å². The number of hydrogen-bond donors (Lipinski definition) is 1. The lowest BCUT2D eigenvalue weighted by atomic mass is 10.1. The number of rotatable bonds is 5. The first kappa shape index (κ1) is 14.2. The van der Waals surface area contributed by atoms with Crippen LogP contribution in [0.2, 0.25) is 0 Å². The second kappa shape index (κ2) is 6.20. The summed E-state index contributed by atoms with van der Waals surface area (Å²) in [7, 11) is 0. The van der Waals surface area contributed by atoms with Crippen molar-refractivity contribution < 1.29 is 4.39 Å².